The van der Waals surface area contributed by atoms with Crippen LogP contribution in [0, 0.1) is 11.3 Å². The fourth-order valence-electron chi connectivity index (χ4n) is 5.18. The summed E-state index contributed by atoms with van der Waals surface area (Å²) in [4.78, 5) is 12.1. The minimum Gasteiger partial charge on any atom is -0.508 e. The maximum atomic E-state index is 12.1. The van der Waals surface area contributed by atoms with Crippen molar-refractivity contribution in [1.29, 1.82) is 0 Å². The zero-order chi connectivity index (χ0) is 16.8. The summed E-state index contributed by atoms with van der Waals surface area (Å²) in [6, 6.07) is 5.74. The van der Waals surface area contributed by atoms with Gasteiger partial charge in [0.2, 0.25) is 0 Å². The highest BCUT2D eigenvalue weighted by Crippen LogP contribution is 2.60. The summed E-state index contributed by atoms with van der Waals surface area (Å²) in [5.74, 6) is 0.160. The van der Waals surface area contributed by atoms with Gasteiger partial charge in [-0.3, -0.25) is 4.79 Å². The van der Waals surface area contributed by atoms with E-state index in [2.05, 4.69) is 35.6 Å². The molecule has 0 spiro atoms. The van der Waals surface area contributed by atoms with Gasteiger partial charge in [0.1, 0.15) is 5.75 Å². The van der Waals surface area contributed by atoms with Crippen LogP contribution in [0.1, 0.15) is 63.0 Å². The lowest BCUT2D eigenvalue weighted by Crippen LogP contribution is -2.53. The first-order valence-electron chi connectivity index (χ1n) is 8.45. The van der Waals surface area contributed by atoms with Crippen molar-refractivity contribution in [2.75, 3.05) is 4.43 Å². The Hall–Kier alpha value is -0.780. The number of hydrogen-bond donors (Lipinski definition) is 2. The molecule has 4 unspecified atom stereocenters. The Morgan fingerprint density at radius 1 is 1.35 bits per heavy atom. The van der Waals surface area contributed by atoms with Crippen molar-refractivity contribution >= 4 is 28.6 Å². The molecule has 1 saturated carbocycles. The molecule has 0 aromatic heterocycles. The smallest absolute Gasteiger partial charge is 0.309 e. The average Bonchev–Trinajstić information content (AvgIpc) is 2.49. The van der Waals surface area contributed by atoms with Crippen molar-refractivity contribution in [3.63, 3.8) is 0 Å². The molecule has 4 atom stereocenters. The fourth-order valence-corrected chi connectivity index (χ4v) is 5.94. The largest absolute Gasteiger partial charge is 0.508 e. The third-order valence-electron chi connectivity index (χ3n) is 6.49. The van der Waals surface area contributed by atoms with Crippen LogP contribution >= 0.6 is 22.6 Å². The standard InChI is InChI=1S/C19H25IO3/c1-18-7-3-8-19(2,17(22)23)16(18)10-12(6-9-20)14-5-4-13(21)11-15(14)18/h4-5,11-12,16,21H,3,6-10H2,1-2H3,(H,22,23). The van der Waals surface area contributed by atoms with Crippen LogP contribution in [0.2, 0.25) is 0 Å². The molecular weight excluding hydrogens is 403 g/mol. The van der Waals surface area contributed by atoms with E-state index in [1.807, 2.05) is 13.0 Å². The van der Waals surface area contributed by atoms with E-state index < -0.39 is 11.4 Å². The Morgan fingerprint density at radius 3 is 2.74 bits per heavy atom. The van der Waals surface area contributed by atoms with E-state index in [4.69, 9.17) is 0 Å². The predicted octanol–water partition coefficient (Wildman–Crippen LogP) is 4.85. The Morgan fingerprint density at radius 2 is 2.09 bits per heavy atom. The van der Waals surface area contributed by atoms with Gasteiger partial charge in [-0.25, -0.2) is 0 Å². The Labute approximate surface area is 151 Å². The number of phenolic OH excluding ortho intramolecular Hbond substituents is 1. The van der Waals surface area contributed by atoms with E-state index in [-0.39, 0.29) is 11.3 Å². The van der Waals surface area contributed by atoms with E-state index in [0.29, 0.717) is 11.7 Å². The molecule has 0 bridgehead atoms. The number of halogens is 1. The molecule has 0 saturated heterocycles. The second kappa shape index (κ2) is 5.94. The van der Waals surface area contributed by atoms with Gasteiger partial charge in [-0.1, -0.05) is 42.0 Å². The van der Waals surface area contributed by atoms with Crippen molar-refractivity contribution in [2.24, 2.45) is 11.3 Å². The maximum Gasteiger partial charge on any atom is 0.309 e. The molecule has 3 nitrogen and oxygen atoms in total. The molecule has 0 amide bonds. The van der Waals surface area contributed by atoms with E-state index in [1.54, 1.807) is 6.07 Å². The number of benzene rings is 1. The summed E-state index contributed by atoms with van der Waals surface area (Å²) in [5, 5.41) is 19.9. The molecule has 2 aliphatic rings. The molecule has 0 aliphatic heterocycles. The topological polar surface area (TPSA) is 57.5 Å². The molecule has 23 heavy (non-hydrogen) atoms. The molecule has 126 valence electrons. The number of aliphatic carboxylic acids is 1. The molecule has 1 aromatic carbocycles. The van der Waals surface area contributed by atoms with Gasteiger partial charge in [0.25, 0.3) is 0 Å². The number of hydrogen-bond acceptors (Lipinski definition) is 2. The van der Waals surface area contributed by atoms with Crippen LogP contribution in [0.4, 0.5) is 0 Å². The van der Waals surface area contributed by atoms with Crippen molar-refractivity contribution < 1.29 is 15.0 Å². The number of alkyl halides is 1. The van der Waals surface area contributed by atoms with Crippen molar-refractivity contribution in [3.05, 3.63) is 29.3 Å². The van der Waals surface area contributed by atoms with E-state index in [0.717, 1.165) is 36.5 Å². The van der Waals surface area contributed by atoms with E-state index in [1.165, 1.54) is 11.1 Å². The Kier molecular flexibility index (Phi) is 4.40. The van der Waals surface area contributed by atoms with Gasteiger partial charge in [-0.05, 0) is 73.1 Å². The SMILES string of the molecule is CC1(C(=O)O)CCCC2(C)c3cc(O)ccc3C(CCI)CC12. The first-order chi connectivity index (χ1) is 10.8. The van der Waals surface area contributed by atoms with Crippen LogP contribution in [-0.2, 0) is 10.2 Å². The highest BCUT2D eigenvalue weighted by Gasteiger charge is 2.56. The summed E-state index contributed by atoms with van der Waals surface area (Å²) in [6.07, 6.45) is 4.71. The lowest BCUT2D eigenvalue weighted by molar-refractivity contribution is -0.157. The molecular formula is C19H25IO3. The minimum absolute atomic E-state index is 0.128. The number of carboxylic acid groups (broad SMARTS) is 1. The van der Waals surface area contributed by atoms with Crippen molar-refractivity contribution in [1.82, 2.24) is 0 Å². The van der Waals surface area contributed by atoms with Gasteiger partial charge in [-0.2, -0.15) is 0 Å². The highest BCUT2D eigenvalue weighted by molar-refractivity contribution is 14.1. The van der Waals surface area contributed by atoms with Crippen molar-refractivity contribution in [3.8, 4) is 5.75 Å². The predicted molar refractivity (Wildman–Crippen MR) is 99.4 cm³/mol. The first kappa shape index (κ1) is 17.1. The summed E-state index contributed by atoms with van der Waals surface area (Å²) in [5.41, 5.74) is 1.70. The molecule has 0 heterocycles. The van der Waals surface area contributed by atoms with Gasteiger partial charge in [-0.15, -0.1) is 0 Å². The van der Waals surface area contributed by atoms with Crippen LogP contribution in [-0.4, -0.2) is 20.6 Å². The van der Waals surface area contributed by atoms with Crippen LogP contribution in [0.5, 0.6) is 5.75 Å². The van der Waals surface area contributed by atoms with Crippen LogP contribution in [0.3, 0.4) is 0 Å². The number of fused-ring (bicyclic) bond motifs is 3. The molecule has 1 fully saturated rings. The second-order valence-electron chi connectivity index (χ2n) is 7.73. The van der Waals surface area contributed by atoms with Gasteiger partial charge in [0.15, 0.2) is 0 Å². The Balaban J connectivity index is 2.17. The minimum atomic E-state index is -0.667. The lowest BCUT2D eigenvalue weighted by atomic mass is 9.48. The summed E-state index contributed by atoms with van der Waals surface area (Å²) >= 11 is 2.40. The monoisotopic (exact) mass is 428 g/mol. The van der Waals surface area contributed by atoms with Crippen LogP contribution in [0.25, 0.3) is 0 Å². The molecule has 3 rings (SSSR count). The molecule has 4 heteroatoms. The summed E-state index contributed by atoms with van der Waals surface area (Å²) in [7, 11) is 0. The van der Waals surface area contributed by atoms with E-state index >= 15 is 0 Å². The first-order valence-corrected chi connectivity index (χ1v) is 9.98. The van der Waals surface area contributed by atoms with Gasteiger partial charge in [0, 0.05) is 4.43 Å². The number of carbonyl (C=O) groups is 1. The third-order valence-corrected chi connectivity index (χ3v) is 7.11. The van der Waals surface area contributed by atoms with Crippen molar-refractivity contribution in [2.45, 2.75) is 57.3 Å². The molecule has 2 aliphatic carbocycles. The number of aromatic hydroxyl groups is 1. The zero-order valence-electron chi connectivity index (χ0n) is 13.8. The molecule has 0 radical (unpaired) electrons. The average molecular weight is 428 g/mol. The fraction of sp³-hybridized carbons (Fsp3) is 0.632. The molecule has 2 N–H and O–H groups in total. The zero-order valence-corrected chi connectivity index (χ0v) is 16.0. The normalized spacial score (nSPS) is 36.1. The maximum absolute atomic E-state index is 12.1. The quantitative estimate of drug-likeness (QED) is 0.535. The van der Waals surface area contributed by atoms with Gasteiger partial charge in [0.05, 0.1) is 5.41 Å². The number of carboxylic acids is 1. The number of rotatable bonds is 3. The third kappa shape index (κ3) is 2.57. The number of phenols is 1. The highest BCUT2D eigenvalue weighted by atomic mass is 127. The summed E-state index contributed by atoms with van der Waals surface area (Å²) in [6.45, 7) is 4.16. The van der Waals surface area contributed by atoms with Gasteiger partial charge >= 0.3 is 5.97 Å². The van der Waals surface area contributed by atoms with Gasteiger partial charge < -0.3 is 10.2 Å². The second-order valence-corrected chi connectivity index (χ2v) is 8.81. The van der Waals surface area contributed by atoms with E-state index in [9.17, 15) is 15.0 Å². The summed E-state index contributed by atoms with van der Waals surface area (Å²) < 4.78 is 1.07. The Bertz CT molecular complexity index is 629. The van der Waals surface area contributed by atoms with Crippen LogP contribution < -0.4 is 0 Å². The molecule has 1 aromatic rings. The lowest BCUT2D eigenvalue weighted by Gasteiger charge is -2.55. The van der Waals surface area contributed by atoms with Crippen LogP contribution in [0.15, 0.2) is 18.2 Å².